The second-order valence-corrected chi connectivity index (χ2v) is 8.77. The van der Waals surface area contributed by atoms with E-state index < -0.39 is 0 Å². The van der Waals surface area contributed by atoms with Gasteiger partial charge in [0.25, 0.3) is 5.91 Å². The highest BCUT2D eigenvalue weighted by Crippen LogP contribution is 2.29. The average molecular weight is 519 g/mol. The molecule has 0 aliphatic carbocycles. The molecule has 0 radical (unpaired) electrons. The number of aromatic nitrogens is 3. The predicted octanol–water partition coefficient (Wildman–Crippen LogP) is 5.09. The summed E-state index contributed by atoms with van der Waals surface area (Å²) in [7, 11) is 1.74. The third-order valence-electron chi connectivity index (χ3n) is 4.07. The van der Waals surface area contributed by atoms with Crippen molar-refractivity contribution >= 4 is 75.7 Å². The molecular weight excluding hydrogens is 504 g/mol. The van der Waals surface area contributed by atoms with Gasteiger partial charge >= 0.3 is 0 Å². The maximum absolute atomic E-state index is 12.3. The Morgan fingerprint density at radius 1 is 1.06 bits per heavy atom. The summed E-state index contributed by atoms with van der Waals surface area (Å²) < 4.78 is 1.69. The van der Waals surface area contributed by atoms with Crippen LogP contribution in [-0.2, 0) is 18.4 Å². The van der Waals surface area contributed by atoms with Crippen LogP contribution in [0.25, 0.3) is 0 Å². The minimum Gasteiger partial charge on any atom is -0.345 e. The number of hydrogen-bond acceptors (Lipinski definition) is 5. The van der Waals surface area contributed by atoms with Crippen molar-refractivity contribution in [1.82, 2.24) is 20.1 Å². The van der Waals surface area contributed by atoms with Crippen LogP contribution >= 0.6 is 58.2 Å². The van der Waals surface area contributed by atoms with Gasteiger partial charge < -0.3 is 15.2 Å². The van der Waals surface area contributed by atoms with Gasteiger partial charge in [0.05, 0.1) is 38.6 Å². The van der Waals surface area contributed by atoms with Crippen molar-refractivity contribution in [3.8, 4) is 0 Å². The Morgan fingerprint density at radius 2 is 1.84 bits per heavy atom. The minimum absolute atomic E-state index is 0.0849. The van der Waals surface area contributed by atoms with E-state index in [0.29, 0.717) is 32.3 Å². The molecule has 162 valence electrons. The standard InChI is InChI=1S/C19H15Cl4N5O2S/c1-28-15(8-24-18(30)11-6-5-10(20)7-13(11)22)26-27-19(28)31-9-16(29)25-14-4-2-3-12(21)17(14)23/h2-7H,8-9H2,1H3,(H,24,30)(H,25,29). The van der Waals surface area contributed by atoms with Crippen LogP contribution in [0.5, 0.6) is 0 Å². The average Bonchev–Trinajstić information content (AvgIpc) is 3.07. The Kier molecular flexibility index (Phi) is 8.07. The number of anilines is 1. The largest absolute Gasteiger partial charge is 0.345 e. The maximum Gasteiger partial charge on any atom is 0.253 e. The summed E-state index contributed by atoms with van der Waals surface area (Å²) >= 11 is 25.1. The van der Waals surface area contributed by atoms with E-state index in [4.69, 9.17) is 46.4 Å². The molecule has 0 saturated heterocycles. The van der Waals surface area contributed by atoms with E-state index >= 15 is 0 Å². The Morgan fingerprint density at radius 3 is 2.58 bits per heavy atom. The number of hydrogen-bond donors (Lipinski definition) is 2. The second kappa shape index (κ2) is 10.6. The molecule has 0 atom stereocenters. The summed E-state index contributed by atoms with van der Waals surface area (Å²) in [5.74, 6) is -0.0399. The van der Waals surface area contributed by atoms with E-state index in [2.05, 4.69) is 20.8 Å². The first-order chi connectivity index (χ1) is 14.8. The molecule has 3 rings (SSSR count). The number of nitrogens with zero attached hydrogens (tertiary/aromatic N) is 3. The maximum atomic E-state index is 12.3. The zero-order chi connectivity index (χ0) is 22.5. The molecule has 3 aromatic rings. The van der Waals surface area contributed by atoms with Crippen LogP contribution < -0.4 is 10.6 Å². The van der Waals surface area contributed by atoms with Gasteiger partial charge in [-0.05, 0) is 30.3 Å². The van der Waals surface area contributed by atoms with Crippen molar-refractivity contribution in [2.24, 2.45) is 7.05 Å². The quantitative estimate of drug-likeness (QED) is 0.425. The van der Waals surface area contributed by atoms with Crippen LogP contribution in [-0.4, -0.2) is 32.3 Å². The molecule has 0 spiro atoms. The molecule has 2 N–H and O–H groups in total. The van der Waals surface area contributed by atoms with Crippen molar-refractivity contribution in [2.75, 3.05) is 11.1 Å². The van der Waals surface area contributed by atoms with E-state index in [0.717, 1.165) is 0 Å². The topological polar surface area (TPSA) is 88.9 Å². The monoisotopic (exact) mass is 517 g/mol. The Labute approximate surface area is 202 Å². The van der Waals surface area contributed by atoms with E-state index in [9.17, 15) is 9.59 Å². The van der Waals surface area contributed by atoms with Crippen LogP contribution in [0.2, 0.25) is 20.1 Å². The van der Waals surface area contributed by atoms with Crippen LogP contribution in [0.3, 0.4) is 0 Å². The number of amides is 2. The van der Waals surface area contributed by atoms with Crippen molar-refractivity contribution < 1.29 is 9.59 Å². The molecule has 0 bridgehead atoms. The molecular formula is C19H15Cl4N5O2S. The molecule has 0 aliphatic heterocycles. The van der Waals surface area contributed by atoms with Gasteiger partial charge in [0.2, 0.25) is 5.91 Å². The van der Waals surface area contributed by atoms with E-state index in [1.54, 1.807) is 41.9 Å². The SMILES string of the molecule is Cn1c(CNC(=O)c2ccc(Cl)cc2Cl)nnc1SCC(=O)Nc1cccc(Cl)c1Cl. The first-order valence-corrected chi connectivity index (χ1v) is 11.2. The summed E-state index contributed by atoms with van der Waals surface area (Å²) in [6, 6.07) is 9.61. The highest BCUT2D eigenvalue weighted by Gasteiger charge is 2.15. The Balaban J connectivity index is 1.55. The number of carbonyl (C=O) groups excluding carboxylic acids is 2. The first-order valence-electron chi connectivity index (χ1n) is 8.74. The summed E-state index contributed by atoms with van der Waals surface area (Å²) in [5.41, 5.74) is 0.737. The predicted molar refractivity (Wildman–Crippen MR) is 124 cm³/mol. The van der Waals surface area contributed by atoms with Gasteiger partial charge in [-0.2, -0.15) is 0 Å². The summed E-state index contributed by atoms with van der Waals surface area (Å²) in [5, 5.41) is 15.4. The number of thioether (sulfide) groups is 1. The van der Waals surface area contributed by atoms with Gasteiger partial charge in [-0.3, -0.25) is 9.59 Å². The van der Waals surface area contributed by atoms with Crippen LogP contribution in [0.4, 0.5) is 5.69 Å². The molecule has 2 aromatic carbocycles. The van der Waals surface area contributed by atoms with Gasteiger partial charge in [0.1, 0.15) is 0 Å². The molecule has 0 unspecified atom stereocenters. The first kappa shape index (κ1) is 23.7. The van der Waals surface area contributed by atoms with Crippen LogP contribution in [0.15, 0.2) is 41.6 Å². The van der Waals surface area contributed by atoms with Gasteiger partial charge in [0.15, 0.2) is 11.0 Å². The fraction of sp³-hybridized carbons (Fsp3) is 0.158. The van der Waals surface area contributed by atoms with Crippen molar-refractivity contribution in [3.63, 3.8) is 0 Å². The zero-order valence-electron chi connectivity index (χ0n) is 16.0. The molecule has 0 saturated carbocycles. The van der Waals surface area contributed by atoms with Crippen molar-refractivity contribution in [2.45, 2.75) is 11.7 Å². The molecule has 0 fully saturated rings. The van der Waals surface area contributed by atoms with E-state index in [1.165, 1.54) is 17.8 Å². The smallest absolute Gasteiger partial charge is 0.253 e. The number of benzene rings is 2. The van der Waals surface area contributed by atoms with Gasteiger partial charge in [0, 0.05) is 12.1 Å². The minimum atomic E-state index is -0.364. The fourth-order valence-corrected chi connectivity index (χ4v) is 4.04. The van der Waals surface area contributed by atoms with Crippen LogP contribution in [0, 0.1) is 0 Å². The molecule has 1 aromatic heterocycles. The lowest BCUT2D eigenvalue weighted by atomic mass is 10.2. The highest BCUT2D eigenvalue weighted by molar-refractivity contribution is 7.99. The summed E-state index contributed by atoms with van der Waals surface area (Å²) in [6.45, 7) is 0.131. The molecule has 7 nitrogen and oxygen atoms in total. The molecule has 2 amide bonds. The van der Waals surface area contributed by atoms with Gasteiger partial charge in [-0.15, -0.1) is 10.2 Å². The van der Waals surface area contributed by atoms with E-state index in [1.807, 2.05) is 0 Å². The van der Waals surface area contributed by atoms with E-state index in [-0.39, 0.29) is 34.2 Å². The lowest BCUT2D eigenvalue weighted by Gasteiger charge is -2.08. The highest BCUT2D eigenvalue weighted by atomic mass is 35.5. The molecule has 0 aliphatic rings. The zero-order valence-corrected chi connectivity index (χ0v) is 19.8. The number of nitrogens with one attached hydrogen (secondary N) is 2. The molecule has 31 heavy (non-hydrogen) atoms. The third kappa shape index (κ3) is 6.05. The second-order valence-electron chi connectivity index (χ2n) is 6.20. The third-order valence-corrected chi connectivity index (χ3v) is 6.45. The van der Waals surface area contributed by atoms with Gasteiger partial charge in [-0.25, -0.2) is 0 Å². The number of rotatable bonds is 7. The Hall–Kier alpha value is -1.97. The summed E-state index contributed by atoms with van der Waals surface area (Å²) in [4.78, 5) is 24.6. The van der Waals surface area contributed by atoms with Crippen molar-refractivity contribution in [1.29, 1.82) is 0 Å². The number of carbonyl (C=O) groups is 2. The van der Waals surface area contributed by atoms with Gasteiger partial charge in [-0.1, -0.05) is 64.2 Å². The lowest BCUT2D eigenvalue weighted by Crippen LogP contribution is -2.24. The van der Waals surface area contributed by atoms with Crippen LogP contribution in [0.1, 0.15) is 16.2 Å². The fourth-order valence-electron chi connectivity index (χ4n) is 2.47. The summed E-state index contributed by atoms with van der Waals surface area (Å²) in [6.07, 6.45) is 0. The number of halogens is 4. The molecule has 1 heterocycles. The van der Waals surface area contributed by atoms with Crippen molar-refractivity contribution in [3.05, 3.63) is 67.9 Å². The normalized spacial score (nSPS) is 10.7. The lowest BCUT2D eigenvalue weighted by molar-refractivity contribution is -0.113. The Bertz CT molecular complexity index is 1140. The molecule has 12 heteroatoms.